The molecule has 0 bridgehead atoms. The Hall–Kier alpha value is -1.91. The molecule has 0 amide bonds. The molecule has 0 saturated heterocycles. The Balaban J connectivity index is 2.00. The summed E-state index contributed by atoms with van der Waals surface area (Å²) in [6.45, 7) is 2.35. The van der Waals surface area contributed by atoms with Crippen molar-refractivity contribution in [1.82, 2.24) is 0 Å². The monoisotopic (exact) mass is 331 g/mol. The van der Waals surface area contributed by atoms with Gasteiger partial charge in [0, 0.05) is 5.92 Å². The maximum absolute atomic E-state index is 2.36. The number of rotatable bonds is 5. The molecule has 0 nitrogen and oxygen atoms in total. The lowest BCUT2D eigenvalue weighted by Gasteiger charge is -2.28. The summed E-state index contributed by atoms with van der Waals surface area (Å²) in [5.41, 5.74) is 0.787. The van der Waals surface area contributed by atoms with Crippen LogP contribution in [0.2, 0.25) is 0 Å². The second-order valence-corrected chi connectivity index (χ2v) is 10.4. The van der Waals surface area contributed by atoms with Gasteiger partial charge in [0.2, 0.25) is 0 Å². The van der Waals surface area contributed by atoms with E-state index in [-0.39, 0.29) is 0 Å². The van der Waals surface area contributed by atoms with E-state index in [2.05, 4.69) is 97.9 Å². The lowest BCUT2D eigenvalue weighted by Crippen LogP contribution is -2.34. The van der Waals surface area contributed by atoms with Crippen molar-refractivity contribution in [2.24, 2.45) is 5.92 Å². The molecule has 3 aromatic carbocycles. The molecule has 0 radical (unpaired) electrons. The van der Waals surface area contributed by atoms with Gasteiger partial charge in [-0.3, -0.25) is 0 Å². The van der Waals surface area contributed by atoms with Crippen molar-refractivity contribution < 1.29 is 0 Å². The fourth-order valence-electron chi connectivity index (χ4n) is 4.16. The molecule has 3 aromatic rings. The van der Waals surface area contributed by atoms with Crippen molar-refractivity contribution in [3.8, 4) is 0 Å². The van der Waals surface area contributed by atoms with Crippen LogP contribution in [0.25, 0.3) is 0 Å². The minimum atomic E-state index is -1.59. The van der Waals surface area contributed by atoms with E-state index in [0.717, 1.165) is 11.6 Å². The quantitative estimate of drug-likeness (QED) is 0.590. The Kier molecular flexibility index (Phi) is 4.25. The van der Waals surface area contributed by atoms with Crippen molar-refractivity contribution in [2.75, 3.05) is 0 Å². The van der Waals surface area contributed by atoms with E-state index in [9.17, 15) is 0 Å². The van der Waals surface area contributed by atoms with Crippen LogP contribution in [-0.4, -0.2) is 5.66 Å². The van der Waals surface area contributed by atoms with Crippen LogP contribution < -0.4 is 15.9 Å². The summed E-state index contributed by atoms with van der Waals surface area (Å²) in [5, 5.41) is 4.59. The molecular weight excluding hydrogens is 307 g/mol. The molecule has 1 saturated carbocycles. The van der Waals surface area contributed by atoms with Gasteiger partial charge in [-0.25, -0.2) is 0 Å². The first-order valence-electron chi connectivity index (χ1n) is 8.93. The van der Waals surface area contributed by atoms with Gasteiger partial charge in [0.1, 0.15) is 23.2 Å². The Labute approximate surface area is 145 Å². The average molecular weight is 331 g/mol. The van der Waals surface area contributed by atoms with E-state index in [1.54, 1.807) is 0 Å². The van der Waals surface area contributed by atoms with Crippen LogP contribution in [0.3, 0.4) is 0 Å². The van der Waals surface area contributed by atoms with E-state index >= 15 is 0 Å². The van der Waals surface area contributed by atoms with Gasteiger partial charge < -0.3 is 0 Å². The van der Waals surface area contributed by atoms with Crippen LogP contribution in [0.4, 0.5) is 0 Å². The van der Waals surface area contributed by atoms with E-state index in [0.29, 0.717) is 0 Å². The largest absolute Gasteiger partial charge is 0.115 e. The van der Waals surface area contributed by atoms with Gasteiger partial charge in [0.15, 0.2) is 0 Å². The Morgan fingerprint density at radius 3 is 1.33 bits per heavy atom. The summed E-state index contributed by atoms with van der Waals surface area (Å²) in [6, 6.07) is 33.8. The molecule has 0 aromatic heterocycles. The second-order valence-electron chi connectivity index (χ2n) is 6.70. The number of benzene rings is 3. The molecule has 0 aliphatic heterocycles. The minimum Gasteiger partial charge on any atom is -0.0650 e. The number of hydrogen-bond donors (Lipinski definition) is 0. The first-order valence-corrected chi connectivity index (χ1v) is 10.8. The summed E-state index contributed by atoms with van der Waals surface area (Å²) in [5.74, 6) is 0.860. The van der Waals surface area contributed by atoms with Gasteiger partial charge in [-0.15, -0.1) is 0 Å². The van der Waals surface area contributed by atoms with Gasteiger partial charge in [0.25, 0.3) is 0 Å². The fourth-order valence-corrected chi connectivity index (χ4v) is 9.56. The average Bonchev–Trinajstić information content (AvgIpc) is 3.45. The predicted molar refractivity (Wildman–Crippen MR) is 107 cm³/mol. The molecule has 2 atom stereocenters. The lowest BCUT2D eigenvalue weighted by atomic mass is 10.3. The van der Waals surface area contributed by atoms with Gasteiger partial charge in [-0.2, -0.15) is 0 Å². The molecule has 0 heterocycles. The molecule has 4 rings (SSSR count). The summed E-state index contributed by atoms with van der Waals surface area (Å²) >= 11 is 0. The molecule has 1 aliphatic carbocycles. The van der Waals surface area contributed by atoms with Crippen molar-refractivity contribution >= 4 is 23.2 Å². The Bertz CT molecular complexity index is 683. The predicted octanol–water partition coefficient (Wildman–Crippen LogP) is 4.78. The first kappa shape index (κ1) is 15.6. The third kappa shape index (κ3) is 2.50. The fraction of sp³-hybridized carbons (Fsp3) is 0.217. The third-order valence-electron chi connectivity index (χ3n) is 5.40. The molecule has 0 N–H and O–H groups in total. The highest BCUT2D eigenvalue weighted by Crippen LogP contribution is 2.70. The van der Waals surface area contributed by atoms with Crippen molar-refractivity contribution in [2.45, 2.75) is 25.4 Å². The molecule has 1 fully saturated rings. The highest BCUT2D eigenvalue weighted by atomic mass is 31.2. The molecular formula is C23H24P+. The van der Waals surface area contributed by atoms with Crippen LogP contribution in [0, 0.1) is 5.92 Å². The molecule has 0 unspecified atom stereocenters. The van der Waals surface area contributed by atoms with Crippen molar-refractivity contribution in [3.63, 3.8) is 0 Å². The van der Waals surface area contributed by atoms with Gasteiger partial charge in [-0.05, 0) is 49.2 Å². The van der Waals surface area contributed by atoms with Crippen molar-refractivity contribution in [3.05, 3.63) is 91.0 Å². The maximum atomic E-state index is 2.36. The molecule has 1 heteroatoms. The first-order chi connectivity index (χ1) is 11.9. The lowest BCUT2D eigenvalue weighted by molar-refractivity contribution is 0.801. The summed E-state index contributed by atoms with van der Waals surface area (Å²) in [4.78, 5) is 0. The van der Waals surface area contributed by atoms with Crippen molar-refractivity contribution in [1.29, 1.82) is 0 Å². The third-order valence-corrected chi connectivity index (χ3v) is 10.4. The van der Waals surface area contributed by atoms with Gasteiger partial charge in [0.05, 0.1) is 5.66 Å². The van der Waals surface area contributed by atoms with E-state index in [1.165, 1.54) is 28.8 Å². The normalized spacial score (nSPS) is 19.9. The minimum absolute atomic E-state index is 0.787. The highest BCUT2D eigenvalue weighted by molar-refractivity contribution is 7.96. The summed E-state index contributed by atoms with van der Waals surface area (Å²) in [6.07, 6.45) is 2.65. The maximum Gasteiger partial charge on any atom is 0.115 e. The Morgan fingerprint density at radius 1 is 0.667 bits per heavy atom. The van der Waals surface area contributed by atoms with Gasteiger partial charge in [-0.1, -0.05) is 61.5 Å². The SMILES string of the molecule is CC[C@H]1C[C@@H]1[P+](c1ccccc1)(c1ccccc1)c1ccccc1. The van der Waals surface area contributed by atoms with Crippen LogP contribution >= 0.6 is 7.26 Å². The smallest absolute Gasteiger partial charge is 0.0650 e. The zero-order chi connectivity index (χ0) is 16.4. The van der Waals surface area contributed by atoms with E-state index < -0.39 is 7.26 Å². The molecule has 120 valence electrons. The second kappa shape index (κ2) is 6.54. The summed E-state index contributed by atoms with van der Waals surface area (Å²) in [7, 11) is -1.59. The number of hydrogen-bond acceptors (Lipinski definition) is 0. The molecule has 24 heavy (non-hydrogen) atoms. The zero-order valence-corrected chi connectivity index (χ0v) is 15.1. The van der Waals surface area contributed by atoms with Crippen LogP contribution in [0.15, 0.2) is 91.0 Å². The standard InChI is InChI=1S/C23H24P/c1-2-19-18-23(19)24(20-12-6-3-7-13-20,21-14-8-4-9-15-21)22-16-10-5-11-17-22/h3-17,19,23H,2,18H2,1H3/q+1/t19-,23-/m0/s1. The molecule has 1 aliphatic rings. The van der Waals surface area contributed by atoms with E-state index in [4.69, 9.17) is 0 Å². The highest BCUT2D eigenvalue weighted by Gasteiger charge is 2.62. The zero-order valence-electron chi connectivity index (χ0n) is 14.2. The molecule has 0 spiro atoms. The van der Waals surface area contributed by atoms with E-state index in [1.807, 2.05) is 0 Å². The Morgan fingerprint density at radius 2 is 1.04 bits per heavy atom. The van der Waals surface area contributed by atoms with Crippen LogP contribution in [-0.2, 0) is 0 Å². The summed E-state index contributed by atoms with van der Waals surface area (Å²) < 4.78 is 0. The van der Waals surface area contributed by atoms with Gasteiger partial charge >= 0.3 is 0 Å². The topological polar surface area (TPSA) is 0 Å². The van der Waals surface area contributed by atoms with Crippen LogP contribution in [0.1, 0.15) is 19.8 Å². The van der Waals surface area contributed by atoms with Crippen LogP contribution in [0.5, 0.6) is 0 Å².